The monoisotopic (exact) mass is 456 g/mol. The Hall–Kier alpha value is -3.63. The summed E-state index contributed by atoms with van der Waals surface area (Å²) in [5.41, 5.74) is 1.21. The Morgan fingerprint density at radius 1 is 1.15 bits per heavy atom. The van der Waals surface area contributed by atoms with Crippen molar-refractivity contribution in [2.45, 2.75) is 38.3 Å². The first-order valence-electron chi connectivity index (χ1n) is 10.5. The van der Waals surface area contributed by atoms with Gasteiger partial charge >= 0.3 is 5.97 Å². The molecular weight excluding hydrogens is 434 g/mol. The number of alkyl halides is 2. The van der Waals surface area contributed by atoms with Gasteiger partial charge in [0.1, 0.15) is 17.8 Å². The Balaban J connectivity index is 1.29. The lowest BCUT2D eigenvalue weighted by Gasteiger charge is -2.39. The molecule has 0 spiro atoms. The number of carbonyl (C=O) groups excluding carboxylic acids is 1. The van der Waals surface area contributed by atoms with Crippen molar-refractivity contribution >= 4 is 11.8 Å². The van der Waals surface area contributed by atoms with E-state index in [4.69, 9.17) is 9.47 Å². The highest BCUT2D eigenvalue weighted by molar-refractivity contribution is 5.88. The third-order valence-corrected chi connectivity index (χ3v) is 6.38. The Morgan fingerprint density at radius 3 is 2.55 bits per heavy atom. The lowest BCUT2D eigenvalue weighted by molar-refractivity contribution is -0.149. The first kappa shape index (κ1) is 21.2. The molecule has 2 bridgehead atoms. The Bertz CT molecular complexity index is 1160. The lowest BCUT2D eigenvalue weighted by Crippen LogP contribution is -2.53. The molecule has 0 atom stereocenters. The molecule has 2 aliphatic heterocycles. The van der Waals surface area contributed by atoms with Gasteiger partial charge in [-0.15, -0.1) is 15.3 Å². The van der Waals surface area contributed by atoms with E-state index in [0.717, 1.165) is 19.4 Å². The van der Waals surface area contributed by atoms with Gasteiger partial charge in [0.15, 0.2) is 5.82 Å². The summed E-state index contributed by atoms with van der Waals surface area (Å²) >= 11 is 0. The number of carbonyl (C=O) groups is 1. The molecule has 1 aliphatic carbocycles. The standard InChI is InChI=1S/C22H22F2N6O3/c1-13-17(30(28-25-13)16-5-3-15(4-6-16)20(23)24)12-33-19-8-7-18(26-27-19)29-11-14-9-22(29,10-14)21(31)32-2/h3-8,14,20H,9-12H2,1-2H3. The normalized spacial score (nSPS) is 21.2. The molecule has 1 aromatic carbocycles. The zero-order valence-electron chi connectivity index (χ0n) is 18.1. The van der Waals surface area contributed by atoms with Crippen LogP contribution in [0.1, 0.15) is 36.2 Å². The summed E-state index contributed by atoms with van der Waals surface area (Å²) in [6, 6.07) is 9.31. The van der Waals surface area contributed by atoms with Gasteiger partial charge in [0.2, 0.25) is 5.88 Å². The predicted molar refractivity (Wildman–Crippen MR) is 112 cm³/mol. The summed E-state index contributed by atoms with van der Waals surface area (Å²) in [6.07, 6.45) is -0.989. The van der Waals surface area contributed by atoms with E-state index in [1.807, 2.05) is 4.90 Å². The molecule has 4 heterocycles. The number of nitrogens with zero attached hydrogens (tertiary/aromatic N) is 6. The van der Waals surface area contributed by atoms with Gasteiger partial charge in [-0.2, -0.15) is 0 Å². The second-order valence-corrected chi connectivity index (χ2v) is 8.35. The fourth-order valence-corrected chi connectivity index (χ4v) is 4.64. The number of ether oxygens (including phenoxy) is 2. The van der Waals surface area contributed by atoms with E-state index in [1.54, 1.807) is 35.9 Å². The number of hydrogen-bond donors (Lipinski definition) is 0. The van der Waals surface area contributed by atoms with E-state index in [1.165, 1.54) is 19.2 Å². The maximum atomic E-state index is 12.8. The van der Waals surface area contributed by atoms with Crippen molar-refractivity contribution in [3.63, 3.8) is 0 Å². The predicted octanol–water partition coefficient (Wildman–Crippen LogP) is 3.02. The van der Waals surface area contributed by atoms with Crippen molar-refractivity contribution in [1.82, 2.24) is 25.2 Å². The van der Waals surface area contributed by atoms with Crippen LogP contribution in [-0.4, -0.2) is 50.4 Å². The van der Waals surface area contributed by atoms with Crippen LogP contribution in [0.5, 0.6) is 5.88 Å². The summed E-state index contributed by atoms with van der Waals surface area (Å²) in [5.74, 6) is 1.14. The Morgan fingerprint density at radius 2 is 1.91 bits per heavy atom. The average Bonchev–Trinajstić information content (AvgIpc) is 3.49. The third kappa shape index (κ3) is 3.57. The number of anilines is 1. The van der Waals surface area contributed by atoms with Crippen molar-refractivity contribution in [2.24, 2.45) is 5.92 Å². The molecular formula is C22H22F2N6O3. The molecule has 0 radical (unpaired) electrons. The van der Waals surface area contributed by atoms with E-state index in [-0.39, 0.29) is 18.1 Å². The molecule has 33 heavy (non-hydrogen) atoms. The van der Waals surface area contributed by atoms with Crippen molar-refractivity contribution in [2.75, 3.05) is 18.6 Å². The van der Waals surface area contributed by atoms with Gasteiger partial charge in [-0.1, -0.05) is 17.3 Å². The van der Waals surface area contributed by atoms with E-state index in [2.05, 4.69) is 20.5 Å². The highest BCUT2D eigenvalue weighted by Gasteiger charge is 2.62. The van der Waals surface area contributed by atoms with Crippen LogP contribution in [0.15, 0.2) is 36.4 Å². The van der Waals surface area contributed by atoms with Crippen LogP contribution in [0, 0.1) is 12.8 Å². The number of benzene rings is 1. The zero-order chi connectivity index (χ0) is 23.2. The summed E-state index contributed by atoms with van der Waals surface area (Å²) in [5, 5.41) is 16.6. The van der Waals surface area contributed by atoms with Gasteiger partial charge in [-0.3, -0.25) is 0 Å². The average molecular weight is 456 g/mol. The van der Waals surface area contributed by atoms with Crippen molar-refractivity contribution in [3.8, 4) is 11.6 Å². The third-order valence-electron chi connectivity index (χ3n) is 6.38. The maximum Gasteiger partial charge on any atom is 0.331 e. The summed E-state index contributed by atoms with van der Waals surface area (Å²) in [7, 11) is 1.40. The molecule has 172 valence electrons. The molecule has 2 aromatic heterocycles. The number of hydrogen-bond acceptors (Lipinski definition) is 8. The number of methoxy groups -OCH3 is 1. The molecule has 11 heteroatoms. The fourth-order valence-electron chi connectivity index (χ4n) is 4.64. The van der Waals surface area contributed by atoms with Gasteiger partial charge < -0.3 is 14.4 Å². The number of aryl methyl sites for hydroxylation is 1. The van der Waals surface area contributed by atoms with Crippen LogP contribution in [0.3, 0.4) is 0 Å². The molecule has 3 aliphatic rings. The SMILES string of the molecule is COC(=O)C12CC(CN1c1ccc(OCc3c(C)nnn3-c3ccc(C(F)F)cc3)nn1)C2. The second kappa shape index (κ2) is 8.05. The lowest BCUT2D eigenvalue weighted by atomic mass is 9.73. The number of esters is 1. The van der Waals surface area contributed by atoms with Crippen LogP contribution in [0.25, 0.3) is 5.69 Å². The minimum Gasteiger partial charge on any atom is -0.470 e. The maximum absolute atomic E-state index is 12.8. The molecule has 3 fully saturated rings. The molecule has 3 aromatic rings. The molecule has 2 saturated heterocycles. The van der Waals surface area contributed by atoms with E-state index >= 15 is 0 Å². The van der Waals surface area contributed by atoms with Crippen LogP contribution < -0.4 is 9.64 Å². The van der Waals surface area contributed by atoms with Gasteiger partial charge in [0, 0.05) is 18.2 Å². The number of rotatable bonds is 7. The van der Waals surface area contributed by atoms with E-state index in [9.17, 15) is 13.6 Å². The highest BCUT2D eigenvalue weighted by atomic mass is 19.3. The topological polar surface area (TPSA) is 95.3 Å². The molecule has 1 saturated carbocycles. The Kier molecular flexibility index (Phi) is 5.18. The summed E-state index contributed by atoms with van der Waals surface area (Å²) < 4.78 is 38.0. The number of halogens is 2. The van der Waals surface area contributed by atoms with Crippen LogP contribution >= 0.6 is 0 Å². The van der Waals surface area contributed by atoms with E-state index < -0.39 is 12.0 Å². The first-order valence-corrected chi connectivity index (χ1v) is 10.5. The first-order chi connectivity index (χ1) is 15.9. The molecule has 0 unspecified atom stereocenters. The van der Waals surface area contributed by atoms with Crippen LogP contribution in [0.2, 0.25) is 0 Å². The Labute approximate surface area is 188 Å². The van der Waals surface area contributed by atoms with Gasteiger partial charge in [-0.05, 0) is 43.9 Å². The molecule has 9 nitrogen and oxygen atoms in total. The molecule has 0 N–H and O–H groups in total. The largest absolute Gasteiger partial charge is 0.470 e. The summed E-state index contributed by atoms with van der Waals surface area (Å²) in [6.45, 7) is 2.65. The smallest absolute Gasteiger partial charge is 0.331 e. The molecule has 0 amide bonds. The van der Waals surface area contributed by atoms with Crippen molar-refractivity contribution in [1.29, 1.82) is 0 Å². The number of aromatic nitrogens is 5. The van der Waals surface area contributed by atoms with Gasteiger partial charge in [-0.25, -0.2) is 18.3 Å². The van der Waals surface area contributed by atoms with Crippen LogP contribution in [-0.2, 0) is 16.1 Å². The van der Waals surface area contributed by atoms with Gasteiger partial charge in [0.25, 0.3) is 6.43 Å². The fraction of sp³-hybridized carbons (Fsp3) is 0.409. The molecule has 6 rings (SSSR count). The highest BCUT2D eigenvalue weighted by Crippen LogP contribution is 2.52. The minimum absolute atomic E-state index is 0.0618. The number of fused-ring (bicyclic) bond motifs is 1. The van der Waals surface area contributed by atoms with Crippen LogP contribution in [0.4, 0.5) is 14.6 Å². The zero-order valence-corrected chi connectivity index (χ0v) is 18.1. The quantitative estimate of drug-likeness (QED) is 0.501. The van der Waals surface area contributed by atoms with Crippen molar-refractivity contribution in [3.05, 3.63) is 53.3 Å². The minimum atomic E-state index is -2.53. The second-order valence-electron chi connectivity index (χ2n) is 8.35. The van der Waals surface area contributed by atoms with E-state index in [0.29, 0.717) is 34.7 Å². The summed E-state index contributed by atoms with van der Waals surface area (Å²) in [4.78, 5) is 14.3. The van der Waals surface area contributed by atoms with Crippen molar-refractivity contribution < 1.29 is 23.0 Å². The van der Waals surface area contributed by atoms with Gasteiger partial charge in [0.05, 0.1) is 18.5 Å².